The molecule has 4 heterocycles. The van der Waals surface area contributed by atoms with Crippen molar-refractivity contribution >= 4 is 33.5 Å². The molecule has 0 atom stereocenters. The average molecular weight is 401 g/mol. The van der Waals surface area contributed by atoms with Gasteiger partial charge in [-0.2, -0.15) is 5.10 Å². The molecule has 148 valence electrons. The molecule has 0 fully saturated rings. The molecule has 4 aromatic heterocycles. The van der Waals surface area contributed by atoms with Gasteiger partial charge in [0.15, 0.2) is 0 Å². The largest absolute Gasteiger partial charge is 0.383 e. The Morgan fingerprint density at radius 3 is 2.80 bits per heavy atom. The molecule has 0 spiro atoms. The summed E-state index contributed by atoms with van der Waals surface area (Å²) in [6.45, 7) is 0.236. The van der Waals surface area contributed by atoms with E-state index in [1.807, 2.05) is 30.3 Å². The first-order valence-corrected chi connectivity index (χ1v) is 9.19. The molecule has 0 saturated heterocycles. The standard InChI is InChI=1S/C21H16FN7O/c22-12-2-4-17(24-9-12)21(30)25-10-13-8-15-19(27-13)14-3-1-11(16-5-6-26-29-16)7-18(14)28-20(15)23/h1-9,27H,10H2,(H2,23,28)(H,25,30)(H,26,29). The highest BCUT2D eigenvalue weighted by atomic mass is 19.1. The second-order valence-corrected chi connectivity index (χ2v) is 6.83. The van der Waals surface area contributed by atoms with Crippen LogP contribution in [0.15, 0.2) is 54.9 Å². The van der Waals surface area contributed by atoms with E-state index in [0.717, 1.165) is 45.0 Å². The summed E-state index contributed by atoms with van der Waals surface area (Å²) >= 11 is 0. The molecular weight excluding hydrogens is 385 g/mol. The molecule has 0 radical (unpaired) electrons. The van der Waals surface area contributed by atoms with Gasteiger partial charge in [0.2, 0.25) is 0 Å². The minimum atomic E-state index is -0.493. The van der Waals surface area contributed by atoms with Crippen molar-refractivity contribution in [3.63, 3.8) is 0 Å². The van der Waals surface area contributed by atoms with Crippen LogP contribution in [-0.4, -0.2) is 31.1 Å². The van der Waals surface area contributed by atoms with Crippen molar-refractivity contribution in [1.29, 1.82) is 0 Å². The van der Waals surface area contributed by atoms with Gasteiger partial charge in [0.25, 0.3) is 5.91 Å². The number of nitrogen functional groups attached to an aromatic ring is 1. The molecule has 1 amide bonds. The molecule has 0 bridgehead atoms. The zero-order valence-electron chi connectivity index (χ0n) is 15.6. The van der Waals surface area contributed by atoms with Crippen molar-refractivity contribution < 1.29 is 9.18 Å². The lowest BCUT2D eigenvalue weighted by Crippen LogP contribution is -2.23. The summed E-state index contributed by atoms with van der Waals surface area (Å²) in [5.74, 6) is -0.491. The third kappa shape index (κ3) is 3.12. The van der Waals surface area contributed by atoms with E-state index in [-0.39, 0.29) is 12.2 Å². The average Bonchev–Trinajstić information content (AvgIpc) is 3.43. The number of nitrogens with one attached hydrogen (secondary N) is 3. The van der Waals surface area contributed by atoms with Crippen molar-refractivity contribution in [2.75, 3.05) is 5.73 Å². The zero-order valence-corrected chi connectivity index (χ0v) is 15.6. The molecule has 8 nitrogen and oxygen atoms in total. The number of carbonyl (C=O) groups is 1. The first kappa shape index (κ1) is 17.8. The number of carbonyl (C=O) groups excluding carboxylic acids is 1. The Labute approximate surface area is 169 Å². The van der Waals surface area contributed by atoms with Crippen LogP contribution in [0.3, 0.4) is 0 Å². The lowest BCUT2D eigenvalue weighted by atomic mass is 10.1. The van der Waals surface area contributed by atoms with Crippen molar-refractivity contribution in [2.45, 2.75) is 6.54 Å². The summed E-state index contributed by atoms with van der Waals surface area (Å²) in [5.41, 5.74) is 10.5. The highest BCUT2D eigenvalue weighted by Crippen LogP contribution is 2.30. The van der Waals surface area contributed by atoms with E-state index in [1.54, 1.807) is 6.20 Å². The number of halogens is 1. The summed E-state index contributed by atoms with van der Waals surface area (Å²) in [6, 6.07) is 12.2. The fraction of sp³-hybridized carbons (Fsp3) is 0.0476. The summed E-state index contributed by atoms with van der Waals surface area (Å²) < 4.78 is 13.0. The van der Waals surface area contributed by atoms with Gasteiger partial charge in [-0.1, -0.05) is 12.1 Å². The number of aromatic amines is 2. The van der Waals surface area contributed by atoms with Crippen molar-refractivity contribution in [3.05, 3.63) is 72.1 Å². The van der Waals surface area contributed by atoms with E-state index in [2.05, 4.69) is 30.5 Å². The molecular formula is C21H16FN7O. The lowest BCUT2D eigenvalue weighted by Gasteiger charge is -2.05. The second-order valence-electron chi connectivity index (χ2n) is 6.83. The Hall–Kier alpha value is -4.27. The number of hydrogen-bond donors (Lipinski definition) is 4. The minimum Gasteiger partial charge on any atom is -0.383 e. The molecule has 0 aliphatic carbocycles. The second kappa shape index (κ2) is 6.96. The number of rotatable bonds is 4. The number of amides is 1. The third-order valence-electron chi connectivity index (χ3n) is 4.87. The predicted octanol–water partition coefficient (Wildman–Crippen LogP) is 3.15. The first-order chi connectivity index (χ1) is 14.6. The third-order valence-corrected chi connectivity index (χ3v) is 4.87. The van der Waals surface area contributed by atoms with E-state index < -0.39 is 11.7 Å². The fourth-order valence-electron chi connectivity index (χ4n) is 3.41. The maximum Gasteiger partial charge on any atom is 0.270 e. The molecule has 30 heavy (non-hydrogen) atoms. The number of anilines is 1. The van der Waals surface area contributed by atoms with Crippen LogP contribution in [0.4, 0.5) is 10.2 Å². The summed E-state index contributed by atoms with van der Waals surface area (Å²) in [5, 5.41) is 11.4. The molecule has 0 aliphatic heterocycles. The molecule has 0 saturated carbocycles. The van der Waals surface area contributed by atoms with Crippen LogP contribution < -0.4 is 11.1 Å². The normalized spacial score (nSPS) is 11.2. The van der Waals surface area contributed by atoms with Gasteiger partial charge in [-0.15, -0.1) is 0 Å². The minimum absolute atomic E-state index is 0.144. The van der Waals surface area contributed by atoms with Crippen LogP contribution in [0.1, 0.15) is 16.2 Å². The number of hydrogen-bond acceptors (Lipinski definition) is 5. The number of H-pyrrole nitrogens is 2. The molecule has 9 heteroatoms. The van der Waals surface area contributed by atoms with Gasteiger partial charge in [0.1, 0.15) is 17.3 Å². The highest BCUT2D eigenvalue weighted by Gasteiger charge is 2.13. The molecule has 5 aromatic rings. The number of nitrogens with two attached hydrogens (primary N) is 1. The Morgan fingerprint density at radius 2 is 2.03 bits per heavy atom. The maximum atomic E-state index is 13.0. The van der Waals surface area contributed by atoms with Gasteiger partial charge >= 0.3 is 0 Å². The van der Waals surface area contributed by atoms with E-state index in [4.69, 9.17) is 5.73 Å². The van der Waals surface area contributed by atoms with Crippen LogP contribution in [0.25, 0.3) is 33.1 Å². The van der Waals surface area contributed by atoms with Gasteiger partial charge in [0, 0.05) is 28.2 Å². The Bertz CT molecular complexity index is 1370. The number of nitrogens with zero attached hydrogens (tertiary/aromatic N) is 3. The smallest absolute Gasteiger partial charge is 0.270 e. The van der Waals surface area contributed by atoms with Crippen LogP contribution in [0.5, 0.6) is 0 Å². The highest BCUT2D eigenvalue weighted by molar-refractivity contribution is 6.09. The SMILES string of the molecule is Nc1nc2cc(-c3ccn[nH]3)ccc2c2[nH]c(CNC(=O)c3ccc(F)cn3)cc12. The van der Waals surface area contributed by atoms with E-state index in [9.17, 15) is 9.18 Å². The molecule has 0 aliphatic rings. The maximum absolute atomic E-state index is 13.0. The number of benzene rings is 1. The monoisotopic (exact) mass is 401 g/mol. The number of fused-ring (bicyclic) bond motifs is 3. The van der Waals surface area contributed by atoms with Gasteiger partial charge in [-0.25, -0.2) is 14.4 Å². The Kier molecular flexibility index (Phi) is 4.13. The molecule has 1 aromatic carbocycles. The Balaban J connectivity index is 1.45. The summed E-state index contributed by atoms with van der Waals surface area (Å²) in [7, 11) is 0. The van der Waals surface area contributed by atoms with Crippen LogP contribution >= 0.6 is 0 Å². The lowest BCUT2D eigenvalue weighted by molar-refractivity contribution is 0.0945. The van der Waals surface area contributed by atoms with Gasteiger partial charge < -0.3 is 16.0 Å². The topological polar surface area (TPSA) is 125 Å². The predicted molar refractivity (Wildman–Crippen MR) is 111 cm³/mol. The number of aromatic nitrogens is 5. The van der Waals surface area contributed by atoms with Crippen molar-refractivity contribution in [2.24, 2.45) is 0 Å². The number of pyridine rings is 2. The summed E-state index contributed by atoms with van der Waals surface area (Å²) in [6.07, 6.45) is 2.70. The van der Waals surface area contributed by atoms with E-state index in [0.29, 0.717) is 5.82 Å². The van der Waals surface area contributed by atoms with Crippen molar-refractivity contribution in [3.8, 4) is 11.3 Å². The molecule has 5 N–H and O–H groups in total. The van der Waals surface area contributed by atoms with E-state index in [1.165, 1.54) is 12.1 Å². The van der Waals surface area contributed by atoms with Gasteiger partial charge in [-0.3, -0.25) is 9.89 Å². The molecule has 0 unspecified atom stereocenters. The van der Waals surface area contributed by atoms with Crippen LogP contribution in [0, 0.1) is 5.82 Å². The first-order valence-electron chi connectivity index (χ1n) is 9.19. The van der Waals surface area contributed by atoms with Crippen molar-refractivity contribution in [1.82, 2.24) is 30.5 Å². The molecule has 5 rings (SSSR count). The zero-order chi connectivity index (χ0) is 20.7. The Morgan fingerprint density at radius 1 is 1.13 bits per heavy atom. The van der Waals surface area contributed by atoms with E-state index >= 15 is 0 Å². The summed E-state index contributed by atoms with van der Waals surface area (Å²) in [4.78, 5) is 23.8. The fourth-order valence-corrected chi connectivity index (χ4v) is 3.41. The van der Waals surface area contributed by atoms with Crippen LogP contribution in [0.2, 0.25) is 0 Å². The van der Waals surface area contributed by atoms with Crippen LogP contribution in [-0.2, 0) is 6.54 Å². The van der Waals surface area contributed by atoms with Gasteiger partial charge in [-0.05, 0) is 30.3 Å². The van der Waals surface area contributed by atoms with Gasteiger partial charge in [0.05, 0.1) is 29.5 Å². The quantitative estimate of drug-likeness (QED) is 0.368.